The molecule has 2 aliphatic heterocycles. The maximum atomic E-state index is 12.2. The van der Waals surface area contributed by atoms with Crippen LogP contribution in [0, 0.1) is 12.8 Å². The summed E-state index contributed by atoms with van der Waals surface area (Å²) >= 11 is 0. The van der Waals surface area contributed by atoms with Crippen LogP contribution < -0.4 is 4.74 Å². The fraction of sp³-hybridized carbons (Fsp3) is 0.571. The predicted molar refractivity (Wildman–Crippen MR) is 72.0 cm³/mol. The fourth-order valence-electron chi connectivity index (χ4n) is 2.43. The lowest BCUT2D eigenvalue weighted by molar-refractivity contribution is 0.0717. The van der Waals surface area contributed by atoms with Crippen molar-refractivity contribution in [1.82, 2.24) is 14.7 Å². The Morgan fingerprint density at radius 3 is 2.58 bits per heavy atom. The van der Waals surface area contributed by atoms with Crippen molar-refractivity contribution >= 4 is 5.91 Å². The molecule has 1 aromatic heterocycles. The minimum atomic E-state index is 0.0511. The number of amides is 1. The Kier molecular flexibility index (Phi) is 4.45. The summed E-state index contributed by atoms with van der Waals surface area (Å²) < 4.78 is 7.26. The Morgan fingerprint density at radius 1 is 1.16 bits per heavy atom. The molecule has 0 atom stereocenters. The van der Waals surface area contributed by atoms with Crippen LogP contribution in [0.15, 0.2) is 6.07 Å². The zero-order valence-corrected chi connectivity index (χ0v) is 11.0. The SMILES string of the molecule is C#C.O=C(c1cc2n(n1)CCCO2)N1CCCCC1. The molecule has 0 bridgehead atoms. The fourth-order valence-corrected chi connectivity index (χ4v) is 2.43. The van der Waals surface area contributed by atoms with E-state index in [-0.39, 0.29) is 5.91 Å². The number of carbonyl (C=O) groups excluding carboxylic acids is 1. The number of hydrogen-bond acceptors (Lipinski definition) is 3. The van der Waals surface area contributed by atoms with Crippen LogP contribution >= 0.6 is 0 Å². The van der Waals surface area contributed by atoms with Gasteiger partial charge in [0, 0.05) is 32.1 Å². The number of piperidine rings is 1. The van der Waals surface area contributed by atoms with E-state index in [1.807, 2.05) is 4.90 Å². The summed E-state index contributed by atoms with van der Waals surface area (Å²) in [5.74, 6) is 0.784. The second-order valence-electron chi connectivity index (χ2n) is 4.65. The van der Waals surface area contributed by atoms with Crippen molar-refractivity contribution in [3.8, 4) is 18.7 Å². The average molecular weight is 261 g/mol. The first-order chi connectivity index (χ1) is 9.34. The van der Waals surface area contributed by atoms with Crippen molar-refractivity contribution < 1.29 is 9.53 Å². The van der Waals surface area contributed by atoms with Crippen molar-refractivity contribution in [2.75, 3.05) is 19.7 Å². The normalized spacial score (nSPS) is 17.7. The Labute approximate surface area is 113 Å². The average Bonchev–Trinajstić information content (AvgIpc) is 2.93. The third-order valence-corrected chi connectivity index (χ3v) is 3.37. The van der Waals surface area contributed by atoms with Gasteiger partial charge in [0.2, 0.25) is 5.88 Å². The molecule has 1 fully saturated rings. The molecule has 1 aromatic rings. The Bertz CT molecular complexity index is 435. The van der Waals surface area contributed by atoms with E-state index in [0.29, 0.717) is 5.69 Å². The molecule has 2 aliphatic rings. The van der Waals surface area contributed by atoms with Gasteiger partial charge in [0.15, 0.2) is 5.69 Å². The molecular weight excluding hydrogens is 242 g/mol. The zero-order valence-electron chi connectivity index (χ0n) is 11.0. The molecule has 102 valence electrons. The van der Waals surface area contributed by atoms with Gasteiger partial charge in [-0.1, -0.05) is 0 Å². The molecule has 3 rings (SSSR count). The highest BCUT2D eigenvalue weighted by molar-refractivity contribution is 5.92. The van der Waals surface area contributed by atoms with Crippen molar-refractivity contribution in [3.05, 3.63) is 11.8 Å². The highest BCUT2D eigenvalue weighted by Gasteiger charge is 2.23. The maximum Gasteiger partial charge on any atom is 0.274 e. The minimum Gasteiger partial charge on any atom is -0.478 e. The highest BCUT2D eigenvalue weighted by atomic mass is 16.5. The molecule has 0 radical (unpaired) electrons. The van der Waals surface area contributed by atoms with Gasteiger partial charge in [-0.05, 0) is 19.3 Å². The number of nitrogens with zero attached hydrogens (tertiary/aromatic N) is 3. The first-order valence-corrected chi connectivity index (χ1v) is 6.68. The van der Waals surface area contributed by atoms with Gasteiger partial charge in [0.05, 0.1) is 6.61 Å². The van der Waals surface area contributed by atoms with Crippen LogP contribution in [0.5, 0.6) is 5.88 Å². The van der Waals surface area contributed by atoms with Crippen LogP contribution in [0.4, 0.5) is 0 Å². The van der Waals surface area contributed by atoms with Crippen LogP contribution in [0.2, 0.25) is 0 Å². The molecule has 1 amide bonds. The molecule has 1 saturated heterocycles. The summed E-state index contributed by atoms with van der Waals surface area (Å²) in [4.78, 5) is 14.1. The third kappa shape index (κ3) is 2.90. The second-order valence-corrected chi connectivity index (χ2v) is 4.65. The third-order valence-electron chi connectivity index (χ3n) is 3.37. The molecule has 5 heteroatoms. The smallest absolute Gasteiger partial charge is 0.274 e. The van der Waals surface area contributed by atoms with E-state index in [1.165, 1.54) is 6.42 Å². The number of terminal acetylenes is 1. The maximum absolute atomic E-state index is 12.2. The van der Waals surface area contributed by atoms with Crippen LogP contribution in [0.3, 0.4) is 0 Å². The van der Waals surface area contributed by atoms with Gasteiger partial charge in [0.1, 0.15) is 0 Å². The monoisotopic (exact) mass is 261 g/mol. The lowest BCUT2D eigenvalue weighted by atomic mass is 10.1. The van der Waals surface area contributed by atoms with Crippen LogP contribution in [0.1, 0.15) is 36.2 Å². The van der Waals surface area contributed by atoms with Gasteiger partial charge < -0.3 is 9.64 Å². The van der Waals surface area contributed by atoms with Gasteiger partial charge in [-0.15, -0.1) is 12.8 Å². The molecule has 0 aliphatic carbocycles. The lowest BCUT2D eigenvalue weighted by Crippen LogP contribution is -2.35. The zero-order chi connectivity index (χ0) is 13.7. The molecule has 3 heterocycles. The Balaban J connectivity index is 0.000000637. The quantitative estimate of drug-likeness (QED) is 0.720. The van der Waals surface area contributed by atoms with E-state index < -0.39 is 0 Å². The molecule has 0 saturated carbocycles. The van der Waals surface area contributed by atoms with Crippen LogP contribution in [-0.2, 0) is 6.54 Å². The van der Waals surface area contributed by atoms with Crippen molar-refractivity contribution in [2.45, 2.75) is 32.2 Å². The molecule has 0 aromatic carbocycles. The number of carbonyl (C=O) groups is 1. The first kappa shape index (κ1) is 13.5. The topological polar surface area (TPSA) is 47.4 Å². The summed E-state index contributed by atoms with van der Waals surface area (Å²) in [5.41, 5.74) is 0.531. The molecular formula is C14H19N3O2. The Hall–Kier alpha value is -1.96. The summed E-state index contributed by atoms with van der Waals surface area (Å²) in [6.07, 6.45) is 12.4. The number of ether oxygens (including phenoxy) is 1. The predicted octanol–water partition coefficient (Wildman–Crippen LogP) is 1.54. The van der Waals surface area contributed by atoms with Gasteiger partial charge >= 0.3 is 0 Å². The van der Waals surface area contributed by atoms with Gasteiger partial charge in [-0.3, -0.25) is 4.79 Å². The standard InChI is InChI=1S/C12H17N3O2.C2H2/c16-12(14-5-2-1-3-6-14)10-9-11-15(13-10)7-4-8-17-11;1-2/h9H,1-8H2;1-2H. The van der Waals surface area contributed by atoms with Gasteiger partial charge in [0.25, 0.3) is 5.91 Å². The van der Waals surface area contributed by atoms with E-state index in [1.54, 1.807) is 10.7 Å². The number of fused-ring (bicyclic) bond motifs is 1. The van der Waals surface area contributed by atoms with Crippen LogP contribution in [0.25, 0.3) is 0 Å². The summed E-state index contributed by atoms with van der Waals surface area (Å²) in [7, 11) is 0. The van der Waals surface area contributed by atoms with E-state index in [2.05, 4.69) is 17.9 Å². The molecule has 0 unspecified atom stereocenters. The Morgan fingerprint density at radius 2 is 1.89 bits per heavy atom. The molecule has 0 N–H and O–H groups in total. The first-order valence-electron chi connectivity index (χ1n) is 6.68. The number of aryl methyl sites for hydroxylation is 1. The van der Waals surface area contributed by atoms with E-state index in [4.69, 9.17) is 4.74 Å². The van der Waals surface area contributed by atoms with E-state index in [9.17, 15) is 4.79 Å². The second kappa shape index (κ2) is 6.28. The van der Waals surface area contributed by atoms with Crippen molar-refractivity contribution in [3.63, 3.8) is 0 Å². The summed E-state index contributed by atoms with van der Waals surface area (Å²) in [5, 5.41) is 4.33. The van der Waals surface area contributed by atoms with Gasteiger partial charge in [-0.2, -0.15) is 5.10 Å². The lowest BCUT2D eigenvalue weighted by Gasteiger charge is -2.25. The van der Waals surface area contributed by atoms with Gasteiger partial charge in [-0.25, -0.2) is 4.68 Å². The van der Waals surface area contributed by atoms with Crippen molar-refractivity contribution in [2.24, 2.45) is 0 Å². The number of aromatic nitrogens is 2. The largest absolute Gasteiger partial charge is 0.478 e. The van der Waals surface area contributed by atoms with E-state index >= 15 is 0 Å². The van der Waals surface area contributed by atoms with E-state index in [0.717, 1.165) is 51.4 Å². The summed E-state index contributed by atoms with van der Waals surface area (Å²) in [6, 6.07) is 1.77. The highest BCUT2D eigenvalue weighted by Crippen LogP contribution is 2.20. The van der Waals surface area contributed by atoms with Crippen LogP contribution in [-0.4, -0.2) is 40.3 Å². The summed E-state index contributed by atoms with van der Waals surface area (Å²) in [6.45, 7) is 3.30. The molecule has 19 heavy (non-hydrogen) atoms. The minimum absolute atomic E-state index is 0.0511. The number of rotatable bonds is 1. The number of likely N-dealkylation sites (tertiary alicyclic amines) is 1. The molecule has 0 spiro atoms. The van der Waals surface area contributed by atoms with Crippen molar-refractivity contribution in [1.29, 1.82) is 0 Å². The molecule has 5 nitrogen and oxygen atoms in total. The number of hydrogen-bond donors (Lipinski definition) is 0.